The molecule has 474 valence electrons. The van der Waals surface area contributed by atoms with E-state index in [0.717, 1.165) is 175 Å². The molecule has 2 unspecified atom stereocenters. The van der Waals surface area contributed by atoms with Gasteiger partial charge < -0.3 is 40.4 Å². The third-order valence-electron chi connectivity index (χ3n) is 19.1. The van der Waals surface area contributed by atoms with Crippen molar-refractivity contribution < 1.29 is 0 Å². The van der Waals surface area contributed by atoms with Crippen LogP contribution in [0.15, 0.2) is 73.3 Å². The largest absolute Gasteiger partial charge is 0.366 e. The minimum Gasteiger partial charge on any atom is -0.366 e. The molecule has 0 spiro atoms. The van der Waals surface area contributed by atoms with Crippen molar-refractivity contribution in [2.75, 3.05) is 14.1 Å². The lowest BCUT2D eigenvalue weighted by molar-refractivity contribution is 0.341. The second-order valence-electron chi connectivity index (χ2n) is 25.8. The lowest BCUT2D eigenvalue weighted by Gasteiger charge is -2.22. The smallest absolute Gasteiger partial charge is 0.129 e. The first-order chi connectivity index (χ1) is 45.3. The van der Waals surface area contributed by atoms with E-state index in [9.17, 15) is 0 Å². The lowest BCUT2D eigenvalue weighted by Crippen LogP contribution is -2.24. The molecule has 12 heterocycles. The third kappa shape index (κ3) is 14.4. The van der Waals surface area contributed by atoms with Crippen LogP contribution in [0.3, 0.4) is 0 Å². The van der Waals surface area contributed by atoms with Crippen molar-refractivity contribution in [3.8, 4) is 23.7 Å². The molecule has 16 bridgehead atoms. The number of fused-ring (bicyclic) bond motifs is 16. The standard InChI is InChI=1S/C80H94N12/c1-7-11-15-19-23-29-55-61-35-39-65(83-61)59(66-40-36-62(84-66)56(30-24-20-16-12-8-2)70-44-48-74(88-70)77(73-47-43-69(55)87-73)79-81-51-53-91(79)5)33-27-28-34-60-67-41-37-63(85-67)57(31-25-21-17-13-9-3)71-45-49-75(89-71)78(80-82-52-54-92(80)6)76-50-46-72(90-76)58(32-26-22-18-14-10-4)64-38-42-68(60)86-64/h35-54,79-83,87,89-90H,7-26,29-32H2,1-6H3. The van der Waals surface area contributed by atoms with Gasteiger partial charge in [0.15, 0.2) is 0 Å². The SMILES string of the molecule is CCCCCCCc1c2nc(c(C#CC#Cc3c4nc(c(CCCCCCC)c5ccc([nH]5)c(C5NC=CN5C)c5ccc([nH]5)c(CCCCCCC)c5nc3C=C5)C=C4)c3ccc([nH]3)c(CCCCCCC)c3ccc([nH]3)c(C3NC=CN3C)c3nc1C=C3)C=C2. The van der Waals surface area contributed by atoms with Crippen molar-refractivity contribution in [1.82, 2.24) is 60.3 Å². The van der Waals surface area contributed by atoms with Crippen LogP contribution in [-0.2, 0) is 25.7 Å². The molecule has 12 nitrogen and oxygen atoms in total. The van der Waals surface area contributed by atoms with Gasteiger partial charge in [0.2, 0.25) is 0 Å². The Morgan fingerprint density at radius 3 is 1.09 bits per heavy atom. The number of rotatable bonds is 26. The van der Waals surface area contributed by atoms with E-state index in [0.29, 0.717) is 0 Å². The van der Waals surface area contributed by atoms with Crippen molar-refractivity contribution in [1.29, 1.82) is 0 Å². The highest BCUT2D eigenvalue weighted by atomic mass is 15.3. The number of H-pyrrole nitrogens is 4. The summed E-state index contributed by atoms with van der Waals surface area (Å²) in [5.74, 6) is 14.0. The van der Waals surface area contributed by atoms with Gasteiger partial charge in [-0.15, -0.1) is 0 Å². The molecule has 0 saturated heterocycles. The maximum atomic E-state index is 5.52. The maximum Gasteiger partial charge on any atom is 0.129 e. The van der Waals surface area contributed by atoms with Crippen molar-refractivity contribution >= 4 is 92.7 Å². The van der Waals surface area contributed by atoms with Gasteiger partial charge in [-0.05, 0) is 178 Å². The van der Waals surface area contributed by atoms with Crippen LogP contribution in [0.1, 0.15) is 259 Å². The Labute approximate surface area is 545 Å². The Hall–Kier alpha value is -9.00. The molecular weight excluding hydrogens is 1130 g/mol. The average Bonchev–Trinajstić information content (AvgIpc) is 1.65. The van der Waals surface area contributed by atoms with Gasteiger partial charge in [-0.3, -0.25) is 0 Å². The molecule has 6 aliphatic heterocycles. The zero-order valence-electron chi connectivity index (χ0n) is 55.4. The van der Waals surface area contributed by atoms with Crippen LogP contribution >= 0.6 is 0 Å². The molecule has 0 amide bonds. The number of aromatic nitrogens is 8. The Balaban J connectivity index is 1.05. The summed E-state index contributed by atoms with van der Waals surface area (Å²) < 4.78 is 0. The van der Waals surface area contributed by atoms with E-state index in [2.05, 4.69) is 215 Å². The summed E-state index contributed by atoms with van der Waals surface area (Å²) in [7, 11) is 4.26. The zero-order chi connectivity index (χ0) is 63.2. The Morgan fingerprint density at radius 2 is 0.641 bits per heavy atom. The molecule has 0 aliphatic carbocycles. The lowest BCUT2D eigenvalue weighted by atomic mass is 10.0. The van der Waals surface area contributed by atoms with E-state index in [1.165, 1.54) is 113 Å². The van der Waals surface area contributed by atoms with E-state index >= 15 is 0 Å². The van der Waals surface area contributed by atoms with Crippen LogP contribution in [0.2, 0.25) is 0 Å². The molecule has 92 heavy (non-hydrogen) atoms. The van der Waals surface area contributed by atoms with Gasteiger partial charge in [0, 0.05) is 105 Å². The number of unbranched alkanes of at least 4 members (excludes halogenated alkanes) is 16. The van der Waals surface area contributed by atoms with Gasteiger partial charge >= 0.3 is 0 Å². The quantitative estimate of drug-likeness (QED) is 0.0232. The maximum absolute atomic E-state index is 5.52. The summed E-state index contributed by atoms with van der Waals surface area (Å²) >= 11 is 0. The van der Waals surface area contributed by atoms with Crippen LogP contribution in [0.5, 0.6) is 0 Å². The summed E-state index contributed by atoms with van der Waals surface area (Å²) in [5, 5.41) is 7.28. The van der Waals surface area contributed by atoms with Crippen LogP contribution in [-0.4, -0.2) is 63.8 Å². The number of aromatic amines is 4. The van der Waals surface area contributed by atoms with Crippen molar-refractivity contribution in [2.24, 2.45) is 0 Å². The molecule has 0 fully saturated rings. The van der Waals surface area contributed by atoms with Crippen molar-refractivity contribution in [3.05, 3.63) is 163 Å². The topological polar surface area (TPSA) is 145 Å². The van der Waals surface area contributed by atoms with Crippen molar-refractivity contribution in [3.63, 3.8) is 0 Å². The zero-order valence-corrected chi connectivity index (χ0v) is 55.4. The molecule has 2 atom stereocenters. The Bertz CT molecular complexity index is 4220. The van der Waals surface area contributed by atoms with Crippen molar-refractivity contribution in [2.45, 2.75) is 194 Å². The number of hydrogen-bond acceptors (Lipinski definition) is 8. The average molecular weight is 1220 g/mol. The van der Waals surface area contributed by atoms with Gasteiger partial charge in [-0.25, -0.2) is 19.9 Å². The Kier molecular flexibility index (Phi) is 20.9. The van der Waals surface area contributed by atoms with Crippen LogP contribution in [0.25, 0.3) is 92.7 Å². The number of aryl methyl sites for hydroxylation is 3. The van der Waals surface area contributed by atoms with E-state index in [1.54, 1.807) is 0 Å². The van der Waals surface area contributed by atoms with Gasteiger partial charge in [0.1, 0.15) is 12.3 Å². The number of nitrogens with one attached hydrogen (secondary N) is 6. The summed E-state index contributed by atoms with van der Waals surface area (Å²) in [5.41, 5.74) is 24.1. The predicted octanol–water partition coefficient (Wildman–Crippen LogP) is 19.1. The van der Waals surface area contributed by atoms with Gasteiger partial charge in [-0.1, -0.05) is 130 Å². The highest BCUT2D eigenvalue weighted by Gasteiger charge is 2.26. The first kappa shape index (κ1) is 63.2. The molecular formula is C80H94N12. The molecule has 6 aliphatic rings. The summed E-state index contributed by atoms with van der Waals surface area (Å²) in [4.78, 5) is 42.3. The molecule has 12 heteroatoms. The predicted molar refractivity (Wildman–Crippen MR) is 387 cm³/mol. The van der Waals surface area contributed by atoms with Crippen LogP contribution in [0, 0.1) is 23.7 Å². The molecule has 0 radical (unpaired) electrons. The molecule has 0 aromatic carbocycles. The number of nitrogens with zero attached hydrogens (tertiary/aromatic N) is 6. The number of hydrogen-bond donors (Lipinski definition) is 6. The van der Waals surface area contributed by atoms with Gasteiger partial charge in [-0.2, -0.15) is 0 Å². The minimum absolute atomic E-state index is 0.0642. The normalized spacial score (nSPS) is 15.2. The fraction of sp³-hybridized carbons (Fsp3) is 0.400. The monoisotopic (exact) mass is 1220 g/mol. The highest BCUT2D eigenvalue weighted by molar-refractivity contribution is 5.87. The summed E-state index contributed by atoms with van der Waals surface area (Å²) in [6.07, 6.45) is 52.6. The first-order valence-corrected chi connectivity index (χ1v) is 34.9. The van der Waals surface area contributed by atoms with Gasteiger partial charge in [0.05, 0.1) is 62.2 Å². The van der Waals surface area contributed by atoms with E-state index in [-0.39, 0.29) is 12.3 Å². The fourth-order valence-corrected chi connectivity index (χ4v) is 13.9. The second-order valence-corrected chi connectivity index (χ2v) is 25.8. The fourth-order valence-electron chi connectivity index (χ4n) is 13.9. The molecule has 12 rings (SSSR count). The molecule has 6 aromatic rings. The van der Waals surface area contributed by atoms with E-state index in [1.807, 2.05) is 12.4 Å². The van der Waals surface area contributed by atoms with Crippen LogP contribution in [0.4, 0.5) is 0 Å². The van der Waals surface area contributed by atoms with E-state index < -0.39 is 0 Å². The summed E-state index contributed by atoms with van der Waals surface area (Å²) in [6.45, 7) is 9.11. The molecule has 6 aromatic heterocycles. The minimum atomic E-state index is -0.0882. The Morgan fingerprint density at radius 1 is 0.326 bits per heavy atom. The summed E-state index contributed by atoms with van der Waals surface area (Å²) in [6, 6.07) is 17.9. The van der Waals surface area contributed by atoms with E-state index in [4.69, 9.17) is 19.9 Å². The van der Waals surface area contributed by atoms with Gasteiger partial charge in [0.25, 0.3) is 0 Å². The molecule has 0 saturated carbocycles. The highest BCUT2D eigenvalue weighted by Crippen LogP contribution is 2.36. The second kappa shape index (κ2) is 30.4. The first-order valence-electron chi connectivity index (χ1n) is 34.9. The third-order valence-corrected chi connectivity index (χ3v) is 19.1. The van der Waals surface area contributed by atoms with Crippen LogP contribution < -0.4 is 10.6 Å². The molecule has 6 N–H and O–H groups in total.